The van der Waals surface area contributed by atoms with Crippen LogP contribution in [0.1, 0.15) is 43.7 Å². The second-order valence-corrected chi connectivity index (χ2v) is 10.1. The Hall–Kier alpha value is -3.20. The molecule has 1 amide bonds. The molecule has 176 valence electrons. The first kappa shape index (κ1) is 23.0. The lowest BCUT2D eigenvalue weighted by Gasteiger charge is -2.32. The number of carbonyl (C=O) groups is 1. The van der Waals surface area contributed by atoms with Gasteiger partial charge < -0.3 is 15.2 Å². The quantitative estimate of drug-likeness (QED) is 0.573. The molecule has 4 rings (SSSR count). The van der Waals surface area contributed by atoms with Crippen LogP contribution >= 0.6 is 0 Å². The molecule has 0 aromatic heterocycles. The Labute approximate surface area is 194 Å². The van der Waals surface area contributed by atoms with E-state index < -0.39 is 16.1 Å². The highest BCUT2D eigenvalue weighted by Gasteiger charge is 2.32. The number of hydrogen-bond donors (Lipinski definition) is 3. The minimum absolute atomic E-state index is 0.0209. The van der Waals surface area contributed by atoms with Gasteiger partial charge in [0.2, 0.25) is 11.8 Å². The summed E-state index contributed by atoms with van der Waals surface area (Å²) in [5, 5.41) is 12.8. The molecule has 0 radical (unpaired) electrons. The van der Waals surface area contributed by atoms with Gasteiger partial charge in [0.15, 0.2) is 0 Å². The van der Waals surface area contributed by atoms with Crippen LogP contribution in [0.15, 0.2) is 60.6 Å². The Morgan fingerprint density at radius 2 is 1.91 bits per heavy atom. The molecule has 1 saturated carbocycles. The van der Waals surface area contributed by atoms with Crippen LogP contribution in [0.2, 0.25) is 0 Å². The molecule has 1 aliphatic carbocycles. The van der Waals surface area contributed by atoms with E-state index in [1.165, 1.54) is 0 Å². The topological polar surface area (TPSA) is 108 Å². The van der Waals surface area contributed by atoms with E-state index in [0.717, 1.165) is 53.7 Å². The van der Waals surface area contributed by atoms with Gasteiger partial charge >= 0.3 is 10.2 Å². The minimum Gasteiger partial charge on any atom is -0.493 e. The number of hydrogen-bond acceptors (Lipinski definition) is 5. The molecule has 0 saturated heterocycles. The Balaban J connectivity index is 1.62. The summed E-state index contributed by atoms with van der Waals surface area (Å²) in [7, 11) is -3.94. The van der Waals surface area contributed by atoms with Crippen LogP contribution < -0.4 is 19.1 Å². The van der Waals surface area contributed by atoms with Gasteiger partial charge in [-0.15, -0.1) is 0 Å². The maximum Gasteiger partial charge on any atom is 0.330 e. The maximum atomic E-state index is 12.5. The molecule has 1 aliphatic heterocycles. The van der Waals surface area contributed by atoms with Gasteiger partial charge in [-0.2, -0.15) is 8.42 Å². The lowest BCUT2D eigenvalue weighted by Crippen LogP contribution is -2.41. The Kier molecular flexibility index (Phi) is 6.78. The van der Waals surface area contributed by atoms with Crippen molar-refractivity contribution < 1.29 is 23.1 Å². The van der Waals surface area contributed by atoms with Gasteiger partial charge in [0.25, 0.3) is 0 Å². The van der Waals surface area contributed by atoms with Crippen molar-refractivity contribution in [2.75, 3.05) is 4.31 Å². The van der Waals surface area contributed by atoms with E-state index in [-0.39, 0.29) is 18.6 Å². The molecule has 0 bridgehead atoms. The molecule has 0 unspecified atom stereocenters. The number of aliphatic hydroxyl groups is 1. The normalized spacial score (nSPS) is 21.7. The molecule has 9 heteroatoms. The fraction of sp³-hybridized carbons (Fsp3) is 0.375. The zero-order valence-electron chi connectivity index (χ0n) is 18.5. The monoisotopic (exact) mass is 471 g/mol. The molecule has 2 aliphatic rings. The Bertz CT molecular complexity index is 1130. The van der Waals surface area contributed by atoms with Crippen LogP contribution in [0.25, 0.3) is 0 Å². The largest absolute Gasteiger partial charge is 0.493 e. The Morgan fingerprint density at radius 1 is 1.15 bits per heavy atom. The summed E-state index contributed by atoms with van der Waals surface area (Å²) < 4.78 is 34.0. The van der Waals surface area contributed by atoms with Gasteiger partial charge in [0, 0.05) is 13.0 Å². The predicted molar refractivity (Wildman–Crippen MR) is 126 cm³/mol. The lowest BCUT2D eigenvalue weighted by molar-refractivity contribution is -0.120. The van der Waals surface area contributed by atoms with Gasteiger partial charge in [-0.25, -0.2) is 9.03 Å². The lowest BCUT2D eigenvalue weighted by atomic mass is 9.80. The molecule has 2 aromatic carbocycles. The van der Waals surface area contributed by atoms with Gasteiger partial charge in [0.05, 0.1) is 6.20 Å². The smallest absolute Gasteiger partial charge is 0.330 e. The third kappa shape index (κ3) is 5.60. The summed E-state index contributed by atoms with van der Waals surface area (Å²) in [4.78, 5) is 11.6. The standard InChI is InChI=1S/C24H29N3O5S/c1-17(28)25-21-10-6-5-9-20(21)13-19-11-12-22(27-15-24(29)26-33(27,30)31)23(14-19)32-16-18-7-3-2-4-8-18/h2-4,7-8,11-12,14-15,20-21,26,29H,5-6,9-10,13,16H2,1H3,(H,25,28)/t20-,21+/m0/s1. The summed E-state index contributed by atoms with van der Waals surface area (Å²) in [6, 6.07) is 15.2. The van der Waals surface area contributed by atoms with E-state index in [2.05, 4.69) is 10.0 Å². The fourth-order valence-electron chi connectivity index (χ4n) is 4.51. The summed E-state index contributed by atoms with van der Waals surface area (Å²) in [5.74, 6) is 0.233. The predicted octanol–water partition coefficient (Wildman–Crippen LogP) is 3.51. The van der Waals surface area contributed by atoms with Crippen molar-refractivity contribution in [3.8, 4) is 5.75 Å². The van der Waals surface area contributed by atoms with Crippen molar-refractivity contribution in [1.82, 2.24) is 10.0 Å². The van der Waals surface area contributed by atoms with Crippen molar-refractivity contribution >= 4 is 21.8 Å². The van der Waals surface area contributed by atoms with Crippen molar-refractivity contribution in [1.29, 1.82) is 0 Å². The van der Waals surface area contributed by atoms with Gasteiger partial charge in [0.1, 0.15) is 18.0 Å². The molecule has 2 atom stereocenters. The number of anilines is 1. The zero-order chi connectivity index (χ0) is 23.4. The molecule has 1 heterocycles. The zero-order valence-corrected chi connectivity index (χ0v) is 19.3. The molecule has 0 spiro atoms. The number of ether oxygens (including phenoxy) is 1. The number of amides is 1. The average Bonchev–Trinajstić information content (AvgIpc) is 3.06. The van der Waals surface area contributed by atoms with Crippen molar-refractivity contribution in [3.63, 3.8) is 0 Å². The number of nitrogens with zero attached hydrogens (tertiary/aromatic N) is 1. The molecular weight excluding hydrogens is 442 g/mol. The van der Waals surface area contributed by atoms with E-state index in [9.17, 15) is 18.3 Å². The number of aliphatic hydroxyl groups excluding tert-OH is 1. The van der Waals surface area contributed by atoms with E-state index >= 15 is 0 Å². The third-order valence-electron chi connectivity index (χ3n) is 6.03. The molecule has 1 fully saturated rings. The van der Waals surface area contributed by atoms with Crippen LogP contribution in [0.3, 0.4) is 0 Å². The summed E-state index contributed by atoms with van der Waals surface area (Å²) in [6.45, 7) is 1.82. The summed E-state index contributed by atoms with van der Waals surface area (Å²) >= 11 is 0. The van der Waals surface area contributed by atoms with Crippen LogP contribution in [0.4, 0.5) is 5.69 Å². The van der Waals surface area contributed by atoms with Crippen LogP contribution in [0.5, 0.6) is 5.75 Å². The van der Waals surface area contributed by atoms with E-state index in [1.54, 1.807) is 13.0 Å². The highest BCUT2D eigenvalue weighted by atomic mass is 32.2. The first-order valence-electron chi connectivity index (χ1n) is 11.1. The van der Waals surface area contributed by atoms with E-state index in [0.29, 0.717) is 17.4 Å². The van der Waals surface area contributed by atoms with Crippen molar-refractivity contribution in [2.24, 2.45) is 5.92 Å². The van der Waals surface area contributed by atoms with Crippen LogP contribution in [-0.4, -0.2) is 25.5 Å². The molecule has 3 N–H and O–H groups in total. The second kappa shape index (κ2) is 9.74. The highest BCUT2D eigenvalue weighted by Crippen LogP contribution is 2.36. The van der Waals surface area contributed by atoms with Crippen LogP contribution in [0, 0.1) is 5.92 Å². The number of benzene rings is 2. The fourth-order valence-corrected chi connectivity index (χ4v) is 5.58. The third-order valence-corrected chi connectivity index (χ3v) is 7.31. The Morgan fingerprint density at radius 3 is 2.61 bits per heavy atom. The number of carbonyl (C=O) groups excluding carboxylic acids is 1. The molecule has 2 aromatic rings. The maximum absolute atomic E-state index is 12.5. The van der Waals surface area contributed by atoms with E-state index in [1.807, 2.05) is 42.5 Å². The first-order chi connectivity index (χ1) is 15.8. The summed E-state index contributed by atoms with van der Waals surface area (Å²) in [6.07, 6.45) is 6.07. The molecular formula is C24H29N3O5S. The van der Waals surface area contributed by atoms with Crippen LogP contribution in [-0.2, 0) is 28.0 Å². The minimum atomic E-state index is -3.94. The number of nitrogens with one attached hydrogen (secondary N) is 2. The molecule has 33 heavy (non-hydrogen) atoms. The average molecular weight is 472 g/mol. The van der Waals surface area contributed by atoms with Gasteiger partial charge in [-0.3, -0.25) is 4.79 Å². The first-order valence-corrected chi connectivity index (χ1v) is 12.6. The van der Waals surface area contributed by atoms with E-state index in [4.69, 9.17) is 4.74 Å². The van der Waals surface area contributed by atoms with Crippen molar-refractivity contribution in [3.05, 3.63) is 71.7 Å². The molecule has 8 nitrogen and oxygen atoms in total. The SMILES string of the molecule is CC(=O)N[C@@H]1CCCC[C@H]1Cc1ccc(N2C=C(O)NS2(=O)=O)c(OCc2ccccc2)c1. The number of rotatable bonds is 7. The van der Waals surface area contributed by atoms with Gasteiger partial charge in [-0.1, -0.05) is 49.2 Å². The second-order valence-electron chi connectivity index (χ2n) is 8.55. The summed E-state index contributed by atoms with van der Waals surface area (Å²) in [5.41, 5.74) is 2.27. The van der Waals surface area contributed by atoms with Gasteiger partial charge in [-0.05, 0) is 48.4 Å². The van der Waals surface area contributed by atoms with Crippen molar-refractivity contribution in [2.45, 2.75) is 51.7 Å². The highest BCUT2D eigenvalue weighted by molar-refractivity contribution is 7.91.